The van der Waals surface area contributed by atoms with Crippen LogP contribution in [0.5, 0.6) is 0 Å². The number of carbonyl (C=O) groups excluding carboxylic acids is 1. The van der Waals surface area contributed by atoms with Crippen LogP contribution in [0.1, 0.15) is 30.9 Å². The summed E-state index contributed by atoms with van der Waals surface area (Å²) in [7, 11) is 1.49. The van der Waals surface area contributed by atoms with Crippen LogP contribution >= 0.6 is 0 Å². The first kappa shape index (κ1) is 15.0. The topological polar surface area (TPSA) is 66.8 Å². The van der Waals surface area contributed by atoms with Crippen molar-refractivity contribution in [3.8, 4) is 0 Å². The highest BCUT2D eigenvalue weighted by Gasteiger charge is 2.50. The van der Waals surface area contributed by atoms with Gasteiger partial charge in [-0.3, -0.25) is 4.79 Å². The van der Waals surface area contributed by atoms with Gasteiger partial charge in [0.25, 0.3) is 5.91 Å². The number of carboxylic acids is 1. The number of hydrogen-bond acceptors (Lipinski definition) is 3. The summed E-state index contributed by atoms with van der Waals surface area (Å²) in [6.07, 6.45) is 2.24. The second-order valence-electron chi connectivity index (χ2n) is 6.15. The molecule has 5 heteroatoms. The Bertz CT molecular complexity index is 559. The lowest BCUT2D eigenvalue weighted by Gasteiger charge is -2.28. The Morgan fingerprint density at radius 3 is 2.64 bits per heavy atom. The molecule has 1 saturated carbocycles. The number of benzene rings is 1. The zero-order valence-corrected chi connectivity index (χ0v) is 12.6. The summed E-state index contributed by atoms with van der Waals surface area (Å²) >= 11 is 0. The summed E-state index contributed by atoms with van der Waals surface area (Å²) < 4.78 is 5.38. The van der Waals surface area contributed by atoms with E-state index in [9.17, 15) is 14.7 Å². The van der Waals surface area contributed by atoms with Gasteiger partial charge in [0.1, 0.15) is 6.04 Å². The molecule has 22 heavy (non-hydrogen) atoms. The van der Waals surface area contributed by atoms with Gasteiger partial charge < -0.3 is 14.7 Å². The van der Waals surface area contributed by atoms with E-state index in [1.165, 1.54) is 12.0 Å². The van der Waals surface area contributed by atoms with Crippen molar-refractivity contribution in [3.63, 3.8) is 0 Å². The highest BCUT2D eigenvalue weighted by atomic mass is 16.5. The van der Waals surface area contributed by atoms with Gasteiger partial charge >= 0.3 is 5.97 Å². The second-order valence-corrected chi connectivity index (χ2v) is 6.15. The number of amides is 1. The van der Waals surface area contributed by atoms with Crippen molar-refractivity contribution < 1.29 is 19.4 Å². The molecule has 4 atom stereocenters. The maximum Gasteiger partial charge on any atom is 0.326 e. The van der Waals surface area contributed by atoms with Gasteiger partial charge in [-0.2, -0.15) is 0 Å². The van der Waals surface area contributed by atoms with Crippen molar-refractivity contribution in [2.45, 2.75) is 31.4 Å². The lowest BCUT2D eigenvalue weighted by atomic mass is 9.94. The first-order valence-corrected chi connectivity index (χ1v) is 7.74. The molecule has 1 aromatic rings. The monoisotopic (exact) mass is 303 g/mol. The van der Waals surface area contributed by atoms with E-state index in [0.717, 1.165) is 24.8 Å². The zero-order valence-electron chi connectivity index (χ0n) is 12.6. The average molecular weight is 303 g/mol. The van der Waals surface area contributed by atoms with E-state index >= 15 is 0 Å². The van der Waals surface area contributed by atoms with E-state index in [2.05, 4.69) is 0 Å². The van der Waals surface area contributed by atoms with Crippen LogP contribution in [0, 0.1) is 11.8 Å². The number of aliphatic carboxylic acids is 1. The van der Waals surface area contributed by atoms with E-state index in [-0.39, 0.29) is 11.8 Å². The number of methoxy groups -OCH3 is 1. The molecule has 1 N–H and O–H groups in total. The number of carboxylic acid groups (broad SMARTS) is 1. The van der Waals surface area contributed by atoms with Crippen molar-refractivity contribution in [1.29, 1.82) is 0 Å². The molecule has 0 aromatic heterocycles. The molecular formula is C17H21NO4. The van der Waals surface area contributed by atoms with Gasteiger partial charge in [0, 0.05) is 13.7 Å². The third-order valence-electron chi connectivity index (χ3n) is 4.99. The van der Waals surface area contributed by atoms with Crippen molar-refractivity contribution in [2.75, 3.05) is 13.7 Å². The Kier molecular flexibility index (Phi) is 4.16. The molecule has 118 valence electrons. The van der Waals surface area contributed by atoms with Crippen LogP contribution in [0.4, 0.5) is 0 Å². The number of carbonyl (C=O) groups is 2. The molecule has 2 fully saturated rings. The molecule has 1 saturated heterocycles. The van der Waals surface area contributed by atoms with E-state index in [1.54, 1.807) is 0 Å². The molecule has 1 amide bonds. The summed E-state index contributed by atoms with van der Waals surface area (Å²) in [5.41, 5.74) is 0.760. The Labute approximate surface area is 129 Å². The highest BCUT2D eigenvalue weighted by molar-refractivity contribution is 5.88. The second kappa shape index (κ2) is 6.08. The van der Waals surface area contributed by atoms with Crippen molar-refractivity contribution in [3.05, 3.63) is 35.9 Å². The van der Waals surface area contributed by atoms with Crippen LogP contribution in [0.3, 0.4) is 0 Å². The Morgan fingerprint density at radius 2 is 2.00 bits per heavy atom. The number of ether oxygens (including phenoxy) is 1. The summed E-state index contributed by atoms with van der Waals surface area (Å²) in [6.45, 7) is 0.535. The van der Waals surface area contributed by atoms with E-state index in [0.29, 0.717) is 12.5 Å². The van der Waals surface area contributed by atoms with Gasteiger partial charge in [0.2, 0.25) is 0 Å². The van der Waals surface area contributed by atoms with Crippen LogP contribution in [-0.4, -0.2) is 41.6 Å². The van der Waals surface area contributed by atoms with Crippen LogP contribution in [0.2, 0.25) is 0 Å². The molecule has 1 heterocycles. The smallest absolute Gasteiger partial charge is 0.326 e. The standard InChI is InChI=1S/C17H21NO4/c1-22-15(11-6-3-2-4-7-11)16(19)18-10-12-8-5-9-13(12)14(18)17(20)21/h2-4,6-7,12-15H,5,8-10H2,1H3,(H,20,21). The summed E-state index contributed by atoms with van der Waals surface area (Å²) in [5.74, 6) is -0.728. The molecule has 1 aliphatic heterocycles. The Morgan fingerprint density at radius 1 is 1.27 bits per heavy atom. The molecule has 3 rings (SSSR count). The molecular weight excluding hydrogens is 282 g/mol. The predicted octanol–water partition coefficient (Wildman–Crippen LogP) is 2.09. The highest BCUT2D eigenvalue weighted by Crippen LogP contribution is 2.43. The van der Waals surface area contributed by atoms with Crippen LogP contribution in [0.15, 0.2) is 30.3 Å². The van der Waals surface area contributed by atoms with Crippen LogP contribution in [-0.2, 0) is 14.3 Å². The minimum absolute atomic E-state index is 0.0923. The SMILES string of the molecule is COC(C(=O)N1CC2CCCC2C1C(=O)O)c1ccccc1. The number of fused-ring (bicyclic) bond motifs is 1. The van der Waals surface area contributed by atoms with Crippen molar-refractivity contribution in [2.24, 2.45) is 11.8 Å². The van der Waals surface area contributed by atoms with Gasteiger partial charge in [-0.15, -0.1) is 0 Å². The quantitative estimate of drug-likeness (QED) is 0.925. The lowest BCUT2D eigenvalue weighted by Crippen LogP contribution is -2.45. The molecule has 4 unspecified atom stereocenters. The molecule has 1 aromatic carbocycles. The minimum Gasteiger partial charge on any atom is -0.480 e. The number of hydrogen-bond donors (Lipinski definition) is 1. The first-order chi connectivity index (χ1) is 10.6. The average Bonchev–Trinajstić information content (AvgIpc) is 3.08. The molecule has 0 spiro atoms. The third kappa shape index (κ3) is 2.50. The first-order valence-electron chi connectivity index (χ1n) is 7.74. The van der Waals surface area contributed by atoms with Gasteiger partial charge in [-0.1, -0.05) is 36.8 Å². The van der Waals surface area contributed by atoms with E-state index in [1.807, 2.05) is 30.3 Å². The van der Waals surface area contributed by atoms with Crippen molar-refractivity contribution >= 4 is 11.9 Å². The van der Waals surface area contributed by atoms with Crippen LogP contribution < -0.4 is 0 Å². The van der Waals surface area contributed by atoms with E-state index in [4.69, 9.17) is 4.74 Å². The number of likely N-dealkylation sites (tertiary alicyclic amines) is 1. The fourth-order valence-electron chi connectivity index (χ4n) is 4.01. The fraction of sp³-hybridized carbons (Fsp3) is 0.529. The lowest BCUT2D eigenvalue weighted by molar-refractivity contribution is -0.154. The fourth-order valence-corrected chi connectivity index (χ4v) is 4.01. The van der Waals surface area contributed by atoms with Crippen molar-refractivity contribution in [1.82, 2.24) is 4.90 Å². The normalized spacial score (nSPS) is 28.4. The van der Waals surface area contributed by atoms with Gasteiger partial charge in [-0.25, -0.2) is 4.79 Å². The molecule has 5 nitrogen and oxygen atoms in total. The summed E-state index contributed by atoms with van der Waals surface area (Å²) in [5, 5.41) is 9.57. The zero-order chi connectivity index (χ0) is 15.7. The predicted molar refractivity (Wildman–Crippen MR) is 80.2 cm³/mol. The summed E-state index contributed by atoms with van der Waals surface area (Å²) in [6, 6.07) is 8.53. The largest absolute Gasteiger partial charge is 0.480 e. The minimum atomic E-state index is -0.898. The van der Waals surface area contributed by atoms with Gasteiger partial charge in [0.05, 0.1) is 0 Å². The van der Waals surface area contributed by atoms with Gasteiger partial charge in [-0.05, 0) is 30.2 Å². The Hall–Kier alpha value is -1.88. The number of rotatable bonds is 4. The molecule has 2 aliphatic rings. The van der Waals surface area contributed by atoms with Gasteiger partial charge in [0.15, 0.2) is 6.10 Å². The third-order valence-corrected chi connectivity index (χ3v) is 4.99. The number of nitrogens with zero attached hydrogens (tertiary/aromatic N) is 1. The maximum atomic E-state index is 12.9. The molecule has 0 bridgehead atoms. The van der Waals surface area contributed by atoms with E-state index < -0.39 is 18.1 Å². The molecule has 1 aliphatic carbocycles. The maximum absolute atomic E-state index is 12.9. The van der Waals surface area contributed by atoms with Crippen LogP contribution in [0.25, 0.3) is 0 Å². The summed E-state index contributed by atoms with van der Waals surface area (Å²) in [4.78, 5) is 26.1. The molecule has 0 radical (unpaired) electrons. The Balaban J connectivity index is 1.85.